The molecule has 3 fully saturated rings. The van der Waals surface area contributed by atoms with Gasteiger partial charge < -0.3 is 21.3 Å². The van der Waals surface area contributed by atoms with Crippen molar-refractivity contribution >= 4 is 29.0 Å². The number of aromatic hydroxyl groups is 1. The first-order chi connectivity index (χ1) is 17.5. The van der Waals surface area contributed by atoms with Crippen molar-refractivity contribution in [2.45, 2.75) is 62.8 Å². The molecule has 1 aromatic carbocycles. The molecule has 2 unspecified atom stereocenters. The van der Waals surface area contributed by atoms with Crippen LogP contribution in [-0.2, 0) is 32.1 Å². The number of amides is 1. The minimum atomic E-state index is -2.70. The average Bonchev–Trinajstić information content (AvgIpc) is 3.34. The SMILES string of the molecule is CN(C)[C@H]1C(=O)C(C(N)=O)C(=O)[C@]2(O)C(=O)C3C(=O)c4c(O)ccc(CNC5CCCC5)c4C[C@@H]3C[C@H]12. The number of Topliss-reactive ketones (excluding diaryl/α,β-unsaturated/α-hetero) is 4. The van der Waals surface area contributed by atoms with Crippen molar-refractivity contribution in [1.82, 2.24) is 10.2 Å². The molecule has 4 aliphatic carbocycles. The van der Waals surface area contributed by atoms with Crippen LogP contribution in [0.5, 0.6) is 5.75 Å². The fourth-order valence-electron chi connectivity index (χ4n) is 7.22. The molecule has 198 valence electrons. The monoisotopic (exact) mass is 511 g/mol. The number of benzene rings is 1. The van der Waals surface area contributed by atoms with E-state index in [9.17, 15) is 34.2 Å². The summed E-state index contributed by atoms with van der Waals surface area (Å²) in [6, 6.07) is 2.50. The number of primary amides is 1. The number of phenols is 1. The molecule has 10 heteroatoms. The predicted octanol–water partition coefficient (Wildman–Crippen LogP) is -0.101. The van der Waals surface area contributed by atoms with E-state index in [-0.39, 0.29) is 24.2 Å². The van der Waals surface area contributed by atoms with Crippen LogP contribution >= 0.6 is 0 Å². The minimum Gasteiger partial charge on any atom is -0.507 e. The molecule has 5 rings (SSSR count). The number of ketones is 4. The second-order valence-corrected chi connectivity index (χ2v) is 11.2. The van der Waals surface area contributed by atoms with E-state index in [1.165, 1.54) is 23.8 Å². The fraction of sp³-hybridized carbons (Fsp3) is 0.593. The third kappa shape index (κ3) is 3.76. The van der Waals surface area contributed by atoms with Gasteiger partial charge in [-0.1, -0.05) is 18.9 Å². The summed E-state index contributed by atoms with van der Waals surface area (Å²) in [4.78, 5) is 67.5. The summed E-state index contributed by atoms with van der Waals surface area (Å²) in [6.07, 6.45) is 4.83. The highest BCUT2D eigenvalue weighted by molar-refractivity contribution is 6.32. The van der Waals surface area contributed by atoms with Gasteiger partial charge in [-0.2, -0.15) is 0 Å². The highest BCUT2D eigenvalue weighted by Crippen LogP contribution is 2.51. The van der Waals surface area contributed by atoms with Crippen LogP contribution in [0.4, 0.5) is 0 Å². The number of hydrogen-bond acceptors (Lipinski definition) is 9. The number of rotatable bonds is 5. The van der Waals surface area contributed by atoms with E-state index in [0.29, 0.717) is 18.2 Å². The summed E-state index contributed by atoms with van der Waals surface area (Å²) in [5, 5.41) is 25.8. The maximum Gasteiger partial charge on any atom is 0.235 e. The van der Waals surface area contributed by atoms with Gasteiger partial charge in [0.25, 0.3) is 0 Å². The smallest absolute Gasteiger partial charge is 0.235 e. The molecule has 10 nitrogen and oxygen atoms in total. The van der Waals surface area contributed by atoms with E-state index >= 15 is 0 Å². The van der Waals surface area contributed by atoms with E-state index in [1.54, 1.807) is 20.2 Å². The Kier molecular flexibility index (Phi) is 6.32. The maximum absolute atomic E-state index is 13.8. The molecule has 0 aromatic heterocycles. The molecule has 0 radical (unpaired) electrons. The average molecular weight is 512 g/mol. The highest BCUT2D eigenvalue weighted by atomic mass is 16.3. The van der Waals surface area contributed by atoms with E-state index in [1.807, 2.05) is 0 Å². The molecule has 37 heavy (non-hydrogen) atoms. The second kappa shape index (κ2) is 9.11. The number of phenolic OH excluding ortho intramolecular Hbond substituents is 1. The van der Waals surface area contributed by atoms with Gasteiger partial charge in [0, 0.05) is 18.5 Å². The first kappa shape index (κ1) is 25.7. The predicted molar refractivity (Wildman–Crippen MR) is 130 cm³/mol. The van der Waals surface area contributed by atoms with Crippen LogP contribution in [0, 0.1) is 23.7 Å². The first-order valence-electron chi connectivity index (χ1n) is 12.9. The van der Waals surface area contributed by atoms with Crippen LogP contribution in [0.3, 0.4) is 0 Å². The first-order valence-corrected chi connectivity index (χ1v) is 12.9. The fourth-order valence-corrected chi connectivity index (χ4v) is 7.22. The number of carbonyl (C=O) groups excluding carboxylic acids is 5. The van der Waals surface area contributed by atoms with Crippen LogP contribution in [0.25, 0.3) is 0 Å². The maximum atomic E-state index is 13.8. The van der Waals surface area contributed by atoms with Gasteiger partial charge in [0.2, 0.25) is 5.91 Å². The van der Waals surface area contributed by atoms with Crippen molar-refractivity contribution in [3.63, 3.8) is 0 Å². The van der Waals surface area contributed by atoms with Crippen molar-refractivity contribution in [3.05, 3.63) is 28.8 Å². The van der Waals surface area contributed by atoms with Gasteiger partial charge in [-0.25, -0.2) is 0 Å². The molecule has 3 saturated carbocycles. The Morgan fingerprint density at radius 2 is 1.81 bits per heavy atom. The topological polar surface area (TPSA) is 167 Å². The van der Waals surface area contributed by atoms with E-state index < -0.39 is 64.4 Å². The molecule has 1 aromatic rings. The lowest BCUT2D eigenvalue weighted by atomic mass is 9.52. The number of likely N-dealkylation sites (N-methyl/N-ethyl adjacent to an activating group) is 1. The van der Waals surface area contributed by atoms with Gasteiger partial charge >= 0.3 is 0 Å². The molecule has 1 amide bonds. The molecule has 0 bridgehead atoms. The number of nitrogens with one attached hydrogen (secondary N) is 1. The Balaban J connectivity index is 1.55. The standard InChI is InChI=1S/C27H33N3O7/c1-30(2)21-16-10-13-9-15-12(11-29-14-5-3-4-6-14)7-8-17(31)19(15)22(32)18(13)24(34)27(16,37)25(35)20(23(21)33)26(28)36/h7-8,13-14,16,18,20-21,29,31,37H,3-6,9-11H2,1-2H3,(H2,28,36)/t13-,16-,18?,20?,21-,27-/m1/s1. The van der Waals surface area contributed by atoms with Gasteiger partial charge in [-0.3, -0.25) is 28.9 Å². The number of aliphatic hydroxyl groups is 1. The Labute approximate surface area is 214 Å². The van der Waals surface area contributed by atoms with Crippen LogP contribution < -0.4 is 11.1 Å². The lowest BCUT2D eigenvalue weighted by Gasteiger charge is -2.52. The van der Waals surface area contributed by atoms with Crippen molar-refractivity contribution in [2.24, 2.45) is 29.4 Å². The van der Waals surface area contributed by atoms with Gasteiger partial charge in [0.05, 0.1) is 17.5 Å². The van der Waals surface area contributed by atoms with Crippen molar-refractivity contribution in [3.8, 4) is 5.75 Å². The lowest BCUT2D eigenvalue weighted by molar-refractivity contribution is -0.181. The zero-order valence-electron chi connectivity index (χ0n) is 21.0. The van der Waals surface area contributed by atoms with Crippen LogP contribution in [0.15, 0.2) is 12.1 Å². The molecule has 4 aliphatic rings. The number of hydrogen-bond donors (Lipinski definition) is 4. The number of nitrogens with zero attached hydrogens (tertiary/aromatic N) is 1. The van der Waals surface area contributed by atoms with Crippen molar-refractivity contribution in [2.75, 3.05) is 14.1 Å². The third-order valence-electron chi connectivity index (χ3n) is 8.98. The van der Waals surface area contributed by atoms with Gasteiger partial charge in [-0.05, 0) is 62.9 Å². The van der Waals surface area contributed by atoms with Gasteiger partial charge in [-0.15, -0.1) is 0 Å². The number of fused-ring (bicyclic) bond motifs is 3. The lowest BCUT2D eigenvalue weighted by Crippen LogP contribution is -2.74. The quantitative estimate of drug-likeness (QED) is 0.395. The van der Waals surface area contributed by atoms with Crippen LogP contribution in [-0.4, -0.2) is 75.9 Å². The Morgan fingerprint density at radius 3 is 2.43 bits per heavy atom. The van der Waals surface area contributed by atoms with Crippen LogP contribution in [0.1, 0.15) is 53.6 Å². The van der Waals surface area contributed by atoms with E-state index in [0.717, 1.165) is 18.4 Å². The molecule has 6 atom stereocenters. The van der Waals surface area contributed by atoms with Gasteiger partial charge in [0.15, 0.2) is 34.7 Å². The zero-order valence-corrected chi connectivity index (χ0v) is 21.0. The molecular formula is C27H33N3O7. The summed E-state index contributed by atoms with van der Waals surface area (Å²) in [6.45, 7) is 0.511. The summed E-state index contributed by atoms with van der Waals surface area (Å²) in [7, 11) is 3.14. The Morgan fingerprint density at radius 1 is 1.14 bits per heavy atom. The third-order valence-corrected chi connectivity index (χ3v) is 8.98. The molecule has 0 aliphatic heterocycles. The highest BCUT2D eigenvalue weighted by Gasteiger charge is 2.69. The summed E-state index contributed by atoms with van der Waals surface area (Å²) >= 11 is 0. The summed E-state index contributed by atoms with van der Waals surface area (Å²) in [5.41, 5.74) is 4.19. The van der Waals surface area contributed by atoms with Crippen molar-refractivity contribution in [1.29, 1.82) is 0 Å². The number of nitrogens with two attached hydrogens (primary N) is 1. The Bertz CT molecular complexity index is 1200. The van der Waals surface area contributed by atoms with Crippen molar-refractivity contribution < 1.29 is 34.2 Å². The Hall–Kier alpha value is -2.95. The molecule has 0 spiro atoms. The minimum absolute atomic E-state index is 0.0392. The summed E-state index contributed by atoms with van der Waals surface area (Å²) in [5.74, 6) is -10.2. The molecular weight excluding hydrogens is 478 g/mol. The molecule has 0 heterocycles. The number of carbonyl (C=O) groups is 5. The molecule has 0 saturated heterocycles. The second-order valence-electron chi connectivity index (χ2n) is 11.2. The van der Waals surface area contributed by atoms with Crippen LogP contribution in [0.2, 0.25) is 0 Å². The van der Waals surface area contributed by atoms with E-state index in [4.69, 9.17) is 5.73 Å². The zero-order chi connectivity index (χ0) is 26.8. The molecule has 5 N–H and O–H groups in total. The normalized spacial score (nSPS) is 33.9. The van der Waals surface area contributed by atoms with Gasteiger partial charge in [0.1, 0.15) is 5.75 Å². The van der Waals surface area contributed by atoms with E-state index in [2.05, 4.69) is 5.32 Å². The summed E-state index contributed by atoms with van der Waals surface area (Å²) < 4.78 is 0. The largest absolute Gasteiger partial charge is 0.507 e.